The van der Waals surface area contributed by atoms with Crippen molar-refractivity contribution in [1.82, 2.24) is 9.97 Å². The van der Waals surface area contributed by atoms with Crippen molar-refractivity contribution in [2.45, 2.75) is 17.8 Å². The lowest BCUT2D eigenvalue weighted by molar-refractivity contribution is -0.141. The van der Waals surface area contributed by atoms with Gasteiger partial charge in [-0.3, -0.25) is 4.79 Å². The molecule has 0 radical (unpaired) electrons. The molecule has 168 valence electrons. The number of nitrogens with one attached hydrogen (secondary N) is 1. The number of methoxy groups -OCH3 is 1. The number of thioether (sulfide) groups is 1. The summed E-state index contributed by atoms with van der Waals surface area (Å²) in [6, 6.07) is 9.76. The van der Waals surface area contributed by atoms with Gasteiger partial charge in [0.1, 0.15) is 23.1 Å². The highest BCUT2D eigenvalue weighted by Gasteiger charge is 2.33. The second kappa shape index (κ2) is 9.94. The molecular weight excluding hydrogens is 453 g/mol. The van der Waals surface area contributed by atoms with Crippen molar-refractivity contribution in [2.75, 3.05) is 18.2 Å². The summed E-state index contributed by atoms with van der Waals surface area (Å²) in [5, 5.41) is 2.05. The van der Waals surface area contributed by atoms with Gasteiger partial charge in [-0.05, 0) is 42.5 Å². The molecule has 11 heteroatoms. The molecule has 1 aromatic heterocycles. The molecule has 1 N–H and O–H groups in total. The first kappa shape index (κ1) is 23.5. The molecule has 0 spiro atoms. The maximum absolute atomic E-state index is 13.6. The molecule has 0 saturated carbocycles. The third-order valence-electron chi connectivity index (χ3n) is 4.14. The van der Waals surface area contributed by atoms with Crippen LogP contribution in [0.15, 0.2) is 53.7 Å². The molecule has 0 atom stereocenters. The van der Waals surface area contributed by atoms with E-state index in [9.17, 15) is 26.7 Å². The Morgan fingerprint density at radius 1 is 1.06 bits per heavy atom. The van der Waals surface area contributed by atoms with Crippen LogP contribution in [0.2, 0.25) is 0 Å². The second-order valence-electron chi connectivity index (χ2n) is 6.42. The lowest BCUT2D eigenvalue weighted by atomic mass is 10.1. The highest BCUT2D eigenvalue weighted by Crippen LogP contribution is 2.32. The first-order chi connectivity index (χ1) is 15.2. The van der Waals surface area contributed by atoms with E-state index >= 15 is 0 Å². The lowest BCUT2D eigenvalue weighted by Gasteiger charge is -2.11. The molecule has 0 fully saturated rings. The number of hydrogen-bond acceptors (Lipinski definition) is 5. The summed E-state index contributed by atoms with van der Waals surface area (Å²) in [4.78, 5) is 19.7. The van der Waals surface area contributed by atoms with E-state index in [2.05, 4.69) is 15.3 Å². The Bertz CT molecular complexity index is 1110. The maximum atomic E-state index is 13.6. The second-order valence-corrected chi connectivity index (χ2v) is 7.48. The summed E-state index contributed by atoms with van der Waals surface area (Å²) >= 11 is 0.838. The van der Waals surface area contributed by atoms with E-state index in [0.29, 0.717) is 11.3 Å². The van der Waals surface area contributed by atoms with Gasteiger partial charge in [0.25, 0.3) is 0 Å². The molecule has 1 amide bonds. The number of hydrogen-bond donors (Lipinski definition) is 1. The average molecular weight is 469 g/mol. The van der Waals surface area contributed by atoms with Gasteiger partial charge in [0, 0.05) is 23.8 Å². The number of aromatic nitrogens is 2. The summed E-state index contributed by atoms with van der Waals surface area (Å²) in [7, 11) is 1.47. The van der Waals surface area contributed by atoms with Crippen LogP contribution >= 0.6 is 11.8 Å². The zero-order chi connectivity index (χ0) is 23.3. The van der Waals surface area contributed by atoms with E-state index in [1.54, 1.807) is 24.3 Å². The summed E-state index contributed by atoms with van der Waals surface area (Å²) < 4.78 is 71.7. The smallest absolute Gasteiger partial charge is 0.433 e. The summed E-state index contributed by atoms with van der Waals surface area (Å²) in [5.41, 5.74) is -0.951. The SMILES string of the molecule is COc1ccc(-c2cc(C(F)(F)F)nc(SCCC(=O)Nc3cc(F)ccc3F)n2)cc1. The highest BCUT2D eigenvalue weighted by atomic mass is 32.2. The number of ether oxygens (including phenoxy) is 1. The van der Waals surface area contributed by atoms with E-state index in [1.165, 1.54) is 7.11 Å². The fourth-order valence-electron chi connectivity index (χ4n) is 2.59. The van der Waals surface area contributed by atoms with Crippen LogP contribution in [0, 0.1) is 11.6 Å². The van der Waals surface area contributed by atoms with Crippen molar-refractivity contribution >= 4 is 23.4 Å². The van der Waals surface area contributed by atoms with Gasteiger partial charge in [0.15, 0.2) is 5.16 Å². The Morgan fingerprint density at radius 3 is 2.44 bits per heavy atom. The van der Waals surface area contributed by atoms with Gasteiger partial charge in [0.05, 0.1) is 18.5 Å². The first-order valence-electron chi connectivity index (χ1n) is 9.14. The molecule has 5 nitrogen and oxygen atoms in total. The van der Waals surface area contributed by atoms with Crippen molar-refractivity contribution in [3.63, 3.8) is 0 Å². The summed E-state index contributed by atoms with van der Waals surface area (Å²) in [6.07, 6.45) is -4.87. The Hall–Kier alpha value is -3.21. The minimum atomic E-state index is -4.69. The molecular formula is C21H16F5N3O2S. The number of carbonyl (C=O) groups is 1. The number of rotatable bonds is 7. The van der Waals surface area contributed by atoms with Crippen LogP contribution in [0.3, 0.4) is 0 Å². The van der Waals surface area contributed by atoms with E-state index in [1.807, 2.05) is 0 Å². The fourth-order valence-corrected chi connectivity index (χ4v) is 3.38. The van der Waals surface area contributed by atoms with Crippen molar-refractivity contribution in [3.8, 4) is 17.0 Å². The van der Waals surface area contributed by atoms with Crippen LogP contribution in [0.25, 0.3) is 11.3 Å². The van der Waals surface area contributed by atoms with Gasteiger partial charge < -0.3 is 10.1 Å². The van der Waals surface area contributed by atoms with Gasteiger partial charge in [-0.25, -0.2) is 18.7 Å². The van der Waals surface area contributed by atoms with Crippen LogP contribution in [-0.2, 0) is 11.0 Å². The number of carbonyl (C=O) groups excluding carboxylic acids is 1. The van der Waals surface area contributed by atoms with Crippen molar-refractivity contribution in [3.05, 3.63) is 65.9 Å². The monoisotopic (exact) mass is 469 g/mol. The van der Waals surface area contributed by atoms with Gasteiger partial charge in [0.2, 0.25) is 5.91 Å². The van der Waals surface area contributed by atoms with Crippen molar-refractivity contribution in [1.29, 1.82) is 0 Å². The third-order valence-corrected chi connectivity index (χ3v) is 4.99. The van der Waals surface area contributed by atoms with Gasteiger partial charge >= 0.3 is 6.18 Å². The van der Waals surface area contributed by atoms with Crippen LogP contribution in [0.5, 0.6) is 5.75 Å². The molecule has 0 unspecified atom stereocenters. The van der Waals surface area contributed by atoms with Crippen molar-refractivity contribution < 1.29 is 31.5 Å². The van der Waals surface area contributed by atoms with E-state index in [4.69, 9.17) is 4.74 Å². The van der Waals surface area contributed by atoms with Gasteiger partial charge in [-0.15, -0.1) is 0 Å². The van der Waals surface area contributed by atoms with Crippen LogP contribution in [-0.4, -0.2) is 28.7 Å². The third kappa shape index (κ3) is 6.16. The fraction of sp³-hybridized carbons (Fsp3) is 0.190. The largest absolute Gasteiger partial charge is 0.497 e. The normalized spacial score (nSPS) is 11.3. The van der Waals surface area contributed by atoms with Crippen LogP contribution < -0.4 is 10.1 Å². The summed E-state index contributed by atoms with van der Waals surface area (Å²) in [5.74, 6) is -1.61. The number of alkyl halides is 3. The van der Waals surface area contributed by atoms with Crippen LogP contribution in [0.1, 0.15) is 12.1 Å². The predicted octanol–water partition coefficient (Wildman–Crippen LogP) is 5.57. The number of halogens is 5. The molecule has 2 aromatic carbocycles. The molecule has 1 heterocycles. The van der Waals surface area contributed by atoms with Crippen molar-refractivity contribution in [2.24, 2.45) is 0 Å². The van der Waals surface area contributed by atoms with E-state index in [0.717, 1.165) is 36.0 Å². The standard InChI is InChI=1S/C21H16F5N3O2S/c1-31-14-5-2-12(3-6-14)16-11-18(21(24,25)26)29-20(28-16)32-9-8-19(30)27-17-10-13(22)4-7-15(17)23/h2-7,10-11H,8-9H2,1H3,(H,27,30). The number of anilines is 1. The minimum absolute atomic E-state index is 0.0200. The van der Waals surface area contributed by atoms with Gasteiger partial charge in [-0.1, -0.05) is 11.8 Å². The Morgan fingerprint density at radius 2 is 1.78 bits per heavy atom. The molecule has 32 heavy (non-hydrogen) atoms. The van der Waals surface area contributed by atoms with E-state index < -0.39 is 29.4 Å². The number of amides is 1. The molecule has 0 aliphatic heterocycles. The van der Waals surface area contributed by atoms with Crippen LogP contribution in [0.4, 0.5) is 27.6 Å². The average Bonchev–Trinajstić information content (AvgIpc) is 2.75. The Kier molecular flexibility index (Phi) is 7.29. The predicted molar refractivity (Wildman–Crippen MR) is 109 cm³/mol. The molecule has 0 aliphatic carbocycles. The Balaban J connectivity index is 1.72. The topological polar surface area (TPSA) is 64.1 Å². The molecule has 0 saturated heterocycles. The molecule has 3 aromatic rings. The zero-order valence-electron chi connectivity index (χ0n) is 16.5. The highest BCUT2D eigenvalue weighted by molar-refractivity contribution is 7.99. The quantitative estimate of drug-likeness (QED) is 0.279. The minimum Gasteiger partial charge on any atom is -0.497 e. The first-order valence-corrected chi connectivity index (χ1v) is 10.1. The number of nitrogens with zero attached hydrogens (tertiary/aromatic N) is 2. The summed E-state index contributed by atoms with van der Waals surface area (Å²) in [6.45, 7) is 0. The zero-order valence-corrected chi connectivity index (χ0v) is 17.4. The molecule has 3 rings (SSSR count). The number of benzene rings is 2. The van der Waals surface area contributed by atoms with Gasteiger partial charge in [-0.2, -0.15) is 13.2 Å². The molecule has 0 aliphatic rings. The van der Waals surface area contributed by atoms with E-state index in [-0.39, 0.29) is 28.7 Å². The Labute approximate surface area is 184 Å². The maximum Gasteiger partial charge on any atom is 0.433 e. The lowest BCUT2D eigenvalue weighted by Crippen LogP contribution is -2.14. The molecule has 0 bridgehead atoms.